The van der Waals surface area contributed by atoms with Crippen molar-refractivity contribution >= 4 is 28.8 Å². The first-order valence-electron chi connectivity index (χ1n) is 11.1. The number of imidazole rings is 1. The smallest absolute Gasteiger partial charge is 0.252 e. The van der Waals surface area contributed by atoms with E-state index in [0.29, 0.717) is 38.9 Å². The average molecular weight is 471 g/mol. The van der Waals surface area contributed by atoms with E-state index in [2.05, 4.69) is 28.4 Å². The van der Waals surface area contributed by atoms with Gasteiger partial charge in [0, 0.05) is 16.5 Å². The third-order valence-corrected chi connectivity index (χ3v) is 5.70. The summed E-state index contributed by atoms with van der Waals surface area (Å²) < 4.78 is 20.2. The average Bonchev–Trinajstić information content (AvgIpc) is 3.24. The van der Waals surface area contributed by atoms with E-state index in [1.165, 1.54) is 20.2 Å². The molecule has 3 aromatic carbocycles. The van der Waals surface area contributed by atoms with Crippen LogP contribution in [-0.2, 0) is 5.67 Å². The minimum Gasteiger partial charge on any atom is -0.457 e. The van der Waals surface area contributed by atoms with E-state index in [9.17, 15) is 9.18 Å². The Balaban J connectivity index is 1.57. The number of nitrogens with two attached hydrogens (primary N) is 1. The fraction of sp³-hybridized carbons (Fsp3) is 0.143. The number of hydrogen-bond donors (Lipinski definition) is 3. The van der Waals surface area contributed by atoms with Gasteiger partial charge in [0.1, 0.15) is 23.3 Å². The normalized spacial score (nSPS) is 13.3. The van der Waals surface area contributed by atoms with E-state index < -0.39 is 11.8 Å². The first-order chi connectivity index (χ1) is 16.7. The number of nitrogens with one attached hydrogen (secondary N) is 2. The summed E-state index contributed by atoms with van der Waals surface area (Å²) in [6.45, 7) is 10.7. The van der Waals surface area contributed by atoms with Crippen LogP contribution in [0.1, 0.15) is 29.8 Å². The molecule has 1 atom stereocenters. The lowest BCUT2D eigenvalue weighted by atomic mass is 10.0. The van der Waals surface area contributed by atoms with Crippen LogP contribution in [0.2, 0.25) is 0 Å². The molecule has 1 aromatic heterocycles. The van der Waals surface area contributed by atoms with Crippen molar-refractivity contribution in [3.63, 3.8) is 0 Å². The van der Waals surface area contributed by atoms with Gasteiger partial charge in [0.2, 0.25) is 0 Å². The fourth-order valence-corrected chi connectivity index (χ4v) is 3.77. The number of ether oxygens (including phenoxy) is 1. The summed E-state index contributed by atoms with van der Waals surface area (Å²) in [5, 5.41) is 5.58. The van der Waals surface area contributed by atoms with Gasteiger partial charge in [-0.15, -0.1) is 0 Å². The Hall–Kier alpha value is -4.23. The van der Waals surface area contributed by atoms with Crippen LogP contribution >= 0.6 is 0 Å². The number of rotatable bonds is 7. The molecule has 4 rings (SSSR count). The number of carbonyl (C=O) groups is 1. The lowest BCUT2D eigenvalue weighted by Gasteiger charge is -2.16. The lowest BCUT2D eigenvalue weighted by Crippen LogP contribution is -2.45. The highest BCUT2D eigenvalue weighted by Crippen LogP contribution is 2.32. The number of alkyl halides is 1. The number of hydrogen-bond acceptors (Lipinski definition) is 4. The van der Waals surface area contributed by atoms with Crippen molar-refractivity contribution in [3.8, 4) is 11.5 Å². The topological polar surface area (TPSA) is 93.0 Å². The van der Waals surface area contributed by atoms with Crippen molar-refractivity contribution in [2.24, 2.45) is 5.73 Å². The Morgan fingerprint density at radius 2 is 1.94 bits per heavy atom. The van der Waals surface area contributed by atoms with E-state index in [1.807, 2.05) is 24.3 Å². The van der Waals surface area contributed by atoms with Crippen molar-refractivity contribution in [1.29, 1.82) is 0 Å². The molecule has 0 bridgehead atoms. The first-order valence-corrected chi connectivity index (χ1v) is 11.1. The number of nitrogens with zero attached hydrogens (tertiary/aromatic N) is 1. The summed E-state index contributed by atoms with van der Waals surface area (Å²) in [6, 6.07) is 17.8. The summed E-state index contributed by atoms with van der Waals surface area (Å²) in [7, 11) is 0. The second-order valence-electron chi connectivity index (χ2n) is 8.63. The highest BCUT2D eigenvalue weighted by atomic mass is 19.1. The number of carbonyl (C=O) groups excluding carboxylic acids is 1. The van der Waals surface area contributed by atoms with Crippen LogP contribution in [-0.4, -0.2) is 22.0 Å². The Bertz CT molecular complexity index is 1500. The van der Waals surface area contributed by atoms with Gasteiger partial charge >= 0.3 is 0 Å². The highest BCUT2D eigenvalue weighted by molar-refractivity contribution is 6.00. The molecule has 0 radical (unpaired) electrons. The third kappa shape index (κ3) is 5.15. The standard InChI is InChI=1S/C28H27FN4O2/c1-5-22(25-17(2)31-16-32-25)26(30)33-27(34)19-9-14-23-18(15-19)7-6-8-24(23)35-21-12-10-20(11-13-21)28(3,4)29/h5-16,26H,1-2,30H2,3-4H3,(H,31,32)(H,33,34)/b25-22-. The molecule has 7 heteroatoms. The maximum absolute atomic E-state index is 14.1. The quantitative estimate of drug-likeness (QED) is 0.356. The summed E-state index contributed by atoms with van der Waals surface area (Å²) in [5.74, 6) is 0.881. The number of aromatic amines is 1. The molecule has 0 spiro atoms. The van der Waals surface area contributed by atoms with Gasteiger partial charge < -0.3 is 20.8 Å². The number of amides is 1. The fourth-order valence-electron chi connectivity index (χ4n) is 3.77. The maximum atomic E-state index is 14.1. The van der Waals surface area contributed by atoms with Gasteiger partial charge in [0.25, 0.3) is 5.91 Å². The molecule has 1 unspecified atom stereocenters. The molecule has 0 saturated carbocycles. The maximum Gasteiger partial charge on any atom is 0.252 e. The molecule has 4 aromatic rings. The second kappa shape index (κ2) is 9.56. The van der Waals surface area contributed by atoms with E-state index in [1.54, 1.807) is 42.5 Å². The van der Waals surface area contributed by atoms with Crippen LogP contribution in [0.3, 0.4) is 0 Å². The first kappa shape index (κ1) is 23.9. The van der Waals surface area contributed by atoms with Crippen LogP contribution in [0.15, 0.2) is 79.6 Å². The van der Waals surface area contributed by atoms with Gasteiger partial charge in [-0.05, 0) is 61.2 Å². The van der Waals surface area contributed by atoms with E-state index in [-0.39, 0.29) is 5.91 Å². The minimum absolute atomic E-state index is 0.337. The molecule has 178 valence electrons. The number of halogens is 1. The number of benzene rings is 3. The molecular formula is C28H27FN4O2. The van der Waals surface area contributed by atoms with Crippen LogP contribution < -0.4 is 26.5 Å². The largest absolute Gasteiger partial charge is 0.457 e. The van der Waals surface area contributed by atoms with Crippen LogP contribution in [0.25, 0.3) is 22.9 Å². The molecule has 0 aliphatic carbocycles. The van der Waals surface area contributed by atoms with Gasteiger partial charge in [0.15, 0.2) is 0 Å². The number of H-pyrrole nitrogens is 1. The van der Waals surface area contributed by atoms with Crippen LogP contribution in [0, 0.1) is 0 Å². The molecule has 35 heavy (non-hydrogen) atoms. The monoisotopic (exact) mass is 470 g/mol. The Kier molecular flexibility index (Phi) is 6.53. The van der Waals surface area contributed by atoms with Crippen molar-refractivity contribution in [1.82, 2.24) is 15.3 Å². The molecule has 1 heterocycles. The predicted molar refractivity (Wildman–Crippen MR) is 137 cm³/mol. The predicted octanol–water partition coefficient (Wildman–Crippen LogP) is 4.02. The van der Waals surface area contributed by atoms with E-state index >= 15 is 0 Å². The van der Waals surface area contributed by atoms with Crippen molar-refractivity contribution in [2.45, 2.75) is 25.7 Å². The minimum atomic E-state index is -1.42. The second-order valence-corrected chi connectivity index (χ2v) is 8.63. The van der Waals surface area contributed by atoms with Crippen molar-refractivity contribution in [3.05, 3.63) is 101 Å². The van der Waals surface area contributed by atoms with Crippen LogP contribution in [0.4, 0.5) is 4.39 Å². The van der Waals surface area contributed by atoms with Crippen LogP contribution in [0.5, 0.6) is 11.5 Å². The summed E-state index contributed by atoms with van der Waals surface area (Å²) in [4.78, 5) is 20.0. The van der Waals surface area contributed by atoms with Gasteiger partial charge in [0.05, 0.1) is 17.0 Å². The Morgan fingerprint density at radius 1 is 1.20 bits per heavy atom. The molecule has 0 saturated heterocycles. The molecule has 0 fully saturated rings. The highest BCUT2D eigenvalue weighted by Gasteiger charge is 2.18. The zero-order valence-corrected chi connectivity index (χ0v) is 19.6. The molecule has 0 aliphatic heterocycles. The van der Waals surface area contributed by atoms with Crippen molar-refractivity contribution < 1.29 is 13.9 Å². The zero-order valence-electron chi connectivity index (χ0n) is 19.6. The lowest BCUT2D eigenvalue weighted by molar-refractivity contribution is 0.0946. The summed E-state index contributed by atoms with van der Waals surface area (Å²) >= 11 is 0. The van der Waals surface area contributed by atoms with Gasteiger partial charge in [-0.2, -0.15) is 0 Å². The molecule has 4 N–H and O–H groups in total. The summed E-state index contributed by atoms with van der Waals surface area (Å²) in [5.41, 5.74) is 6.38. The molecule has 6 nitrogen and oxygen atoms in total. The summed E-state index contributed by atoms with van der Waals surface area (Å²) in [6.07, 6.45) is 2.25. The van der Waals surface area contributed by atoms with Gasteiger partial charge in [-0.3, -0.25) is 4.79 Å². The molecule has 1 amide bonds. The SMILES string of the molecule is C=C/C(=c1/nc[nH]c1=C)C(N)NC(=O)c1ccc2c(Oc3ccc(C(C)(C)F)cc3)cccc2c1. The van der Waals surface area contributed by atoms with E-state index in [4.69, 9.17) is 10.5 Å². The number of fused-ring (bicyclic) bond motifs is 1. The van der Waals surface area contributed by atoms with Crippen molar-refractivity contribution in [2.75, 3.05) is 0 Å². The zero-order chi connectivity index (χ0) is 25.2. The van der Waals surface area contributed by atoms with Gasteiger partial charge in [-0.25, -0.2) is 9.37 Å². The Labute approximate surface area is 202 Å². The molecule has 0 aliphatic rings. The van der Waals surface area contributed by atoms with E-state index in [0.717, 1.165) is 10.8 Å². The third-order valence-electron chi connectivity index (χ3n) is 5.70. The molecular weight excluding hydrogens is 443 g/mol. The number of aromatic nitrogens is 2. The Morgan fingerprint density at radius 3 is 2.57 bits per heavy atom. The van der Waals surface area contributed by atoms with Gasteiger partial charge in [-0.1, -0.05) is 43.5 Å².